The van der Waals surface area contributed by atoms with Crippen molar-refractivity contribution in [3.63, 3.8) is 0 Å². The van der Waals surface area contributed by atoms with E-state index in [4.69, 9.17) is 5.84 Å². The molecule has 0 saturated carbocycles. The Kier molecular flexibility index (Phi) is 5.46. The van der Waals surface area contributed by atoms with E-state index in [0.717, 1.165) is 12.1 Å². The summed E-state index contributed by atoms with van der Waals surface area (Å²) in [5.41, 5.74) is 1.53. The summed E-state index contributed by atoms with van der Waals surface area (Å²) in [5, 5.41) is 0. The van der Waals surface area contributed by atoms with Gasteiger partial charge < -0.3 is 0 Å². The molecule has 0 aliphatic rings. The van der Waals surface area contributed by atoms with Gasteiger partial charge in [-0.15, -0.1) is 0 Å². The first kappa shape index (κ1) is 17.3. The molecule has 3 N–H and O–H groups in total. The number of halogens is 4. The monoisotopic (exact) mass is 310 g/mol. The Bertz CT molecular complexity index is 455. The average Bonchev–Trinajstić information content (AvgIpc) is 2.28. The van der Waals surface area contributed by atoms with Gasteiger partial charge in [0.05, 0.1) is 11.6 Å². The van der Waals surface area contributed by atoms with Crippen LogP contribution in [-0.2, 0) is 6.18 Å². The summed E-state index contributed by atoms with van der Waals surface area (Å²) in [6, 6.07) is 2.48. The normalized spacial score (nSPS) is 14.4. The predicted molar refractivity (Wildman–Crippen MR) is 73.7 cm³/mol. The van der Waals surface area contributed by atoms with Crippen molar-refractivity contribution in [2.24, 2.45) is 5.84 Å². The zero-order chi connectivity index (χ0) is 15.6. The Morgan fingerprint density at radius 1 is 1.25 bits per heavy atom. The maximum atomic E-state index is 13.2. The van der Waals surface area contributed by atoms with Crippen LogP contribution in [-0.4, -0.2) is 10.5 Å². The molecule has 0 heterocycles. The van der Waals surface area contributed by atoms with Gasteiger partial charge in [-0.2, -0.15) is 24.9 Å². The van der Waals surface area contributed by atoms with Crippen molar-refractivity contribution >= 4 is 11.8 Å². The van der Waals surface area contributed by atoms with Crippen molar-refractivity contribution in [1.82, 2.24) is 5.43 Å². The van der Waals surface area contributed by atoms with Gasteiger partial charge in [-0.3, -0.25) is 11.3 Å². The third kappa shape index (κ3) is 4.96. The minimum Gasteiger partial charge on any atom is -0.271 e. The number of thioether (sulfide) groups is 1. The fourth-order valence-corrected chi connectivity index (χ4v) is 2.51. The molecule has 7 heteroatoms. The van der Waals surface area contributed by atoms with E-state index in [1.54, 1.807) is 11.8 Å². The summed E-state index contributed by atoms with van der Waals surface area (Å²) in [7, 11) is 0. The van der Waals surface area contributed by atoms with E-state index < -0.39 is 23.6 Å². The summed E-state index contributed by atoms with van der Waals surface area (Å²) >= 11 is 1.56. The predicted octanol–water partition coefficient (Wildman–Crippen LogP) is 3.88. The lowest BCUT2D eigenvalue weighted by atomic mass is 10.0. The standard InChI is InChI=1S/C13H18F4N2S/c1-12(2,3)20-7-11(19-18)8-4-5-10(14)9(6-8)13(15,16)17/h4-6,11,19H,7,18H2,1-3H3. The lowest BCUT2D eigenvalue weighted by molar-refractivity contribution is -0.140. The minimum absolute atomic E-state index is 0.0397. The van der Waals surface area contributed by atoms with Gasteiger partial charge in [-0.1, -0.05) is 26.8 Å². The summed E-state index contributed by atoms with van der Waals surface area (Å²) < 4.78 is 51.2. The number of alkyl halides is 3. The molecular weight excluding hydrogens is 292 g/mol. The lowest BCUT2D eigenvalue weighted by Crippen LogP contribution is -2.31. The second-order valence-corrected chi connectivity index (χ2v) is 7.23. The average molecular weight is 310 g/mol. The Labute approximate surface area is 120 Å². The number of hydrogen-bond donors (Lipinski definition) is 2. The molecule has 1 unspecified atom stereocenters. The van der Waals surface area contributed by atoms with E-state index in [9.17, 15) is 17.6 Å². The quantitative estimate of drug-likeness (QED) is 0.503. The highest BCUT2D eigenvalue weighted by molar-refractivity contribution is 8.00. The number of rotatable bonds is 4. The molecule has 0 aromatic heterocycles. The van der Waals surface area contributed by atoms with Crippen LogP contribution < -0.4 is 11.3 Å². The van der Waals surface area contributed by atoms with Crippen LogP contribution in [0.15, 0.2) is 18.2 Å². The summed E-state index contributed by atoms with van der Waals surface area (Å²) in [5.74, 6) is 4.60. The molecule has 0 spiro atoms. The Morgan fingerprint density at radius 3 is 2.30 bits per heavy atom. The van der Waals surface area contributed by atoms with E-state index in [1.165, 1.54) is 6.07 Å². The molecule has 1 rings (SSSR count). The molecule has 0 aliphatic carbocycles. The van der Waals surface area contributed by atoms with Crippen molar-refractivity contribution in [2.75, 3.05) is 5.75 Å². The molecule has 0 fully saturated rings. The maximum absolute atomic E-state index is 13.2. The van der Waals surface area contributed by atoms with E-state index in [2.05, 4.69) is 5.43 Å². The third-order valence-corrected chi connectivity index (χ3v) is 3.95. The van der Waals surface area contributed by atoms with Gasteiger partial charge in [0.25, 0.3) is 0 Å². The SMILES string of the molecule is CC(C)(C)SCC(NN)c1ccc(F)c(C(F)(F)F)c1. The van der Waals surface area contributed by atoms with Crippen molar-refractivity contribution < 1.29 is 17.6 Å². The van der Waals surface area contributed by atoms with Crippen LogP contribution in [0.25, 0.3) is 0 Å². The Morgan fingerprint density at radius 2 is 1.85 bits per heavy atom. The largest absolute Gasteiger partial charge is 0.419 e. The van der Waals surface area contributed by atoms with E-state index in [0.29, 0.717) is 11.3 Å². The van der Waals surface area contributed by atoms with E-state index >= 15 is 0 Å². The Balaban J connectivity index is 2.99. The van der Waals surface area contributed by atoms with Gasteiger partial charge in [0.2, 0.25) is 0 Å². The van der Waals surface area contributed by atoms with Crippen LogP contribution in [0.3, 0.4) is 0 Å². The molecule has 0 radical (unpaired) electrons. The van der Waals surface area contributed by atoms with Gasteiger partial charge in [0.1, 0.15) is 5.82 Å². The van der Waals surface area contributed by atoms with Crippen LogP contribution >= 0.6 is 11.8 Å². The topological polar surface area (TPSA) is 38.0 Å². The zero-order valence-corrected chi connectivity index (χ0v) is 12.3. The maximum Gasteiger partial charge on any atom is 0.419 e. The fourth-order valence-electron chi connectivity index (χ4n) is 1.55. The molecule has 1 aromatic rings. The van der Waals surface area contributed by atoms with Crippen molar-refractivity contribution in [3.8, 4) is 0 Å². The second-order valence-electron chi connectivity index (χ2n) is 5.38. The second kappa shape index (κ2) is 6.32. The Hall–Kier alpha value is -0.790. The zero-order valence-electron chi connectivity index (χ0n) is 11.5. The van der Waals surface area contributed by atoms with E-state index in [1.807, 2.05) is 20.8 Å². The van der Waals surface area contributed by atoms with Crippen molar-refractivity contribution in [1.29, 1.82) is 0 Å². The molecule has 114 valence electrons. The molecule has 1 aromatic carbocycles. The highest BCUT2D eigenvalue weighted by Crippen LogP contribution is 2.34. The van der Waals surface area contributed by atoms with Gasteiger partial charge in [0, 0.05) is 10.5 Å². The molecule has 0 aliphatic heterocycles. The molecule has 2 nitrogen and oxygen atoms in total. The minimum atomic E-state index is -4.71. The number of hydrazine groups is 1. The number of nitrogens with two attached hydrogens (primary N) is 1. The first-order valence-electron chi connectivity index (χ1n) is 6.01. The van der Waals surface area contributed by atoms with Gasteiger partial charge in [0.15, 0.2) is 0 Å². The molecule has 20 heavy (non-hydrogen) atoms. The summed E-state index contributed by atoms with van der Waals surface area (Å²) in [6.07, 6.45) is -4.71. The number of nitrogens with one attached hydrogen (secondary N) is 1. The van der Waals surface area contributed by atoms with Crippen molar-refractivity contribution in [3.05, 3.63) is 35.1 Å². The summed E-state index contributed by atoms with van der Waals surface area (Å²) in [6.45, 7) is 5.99. The number of benzene rings is 1. The smallest absolute Gasteiger partial charge is 0.271 e. The van der Waals surface area contributed by atoms with Crippen LogP contribution in [0.1, 0.15) is 37.9 Å². The molecule has 1 atom stereocenters. The molecule has 0 saturated heterocycles. The lowest BCUT2D eigenvalue weighted by Gasteiger charge is -2.23. The third-order valence-electron chi connectivity index (χ3n) is 2.58. The highest BCUT2D eigenvalue weighted by Gasteiger charge is 2.34. The summed E-state index contributed by atoms with van der Waals surface area (Å²) in [4.78, 5) is 0. The molecule has 0 amide bonds. The van der Waals surface area contributed by atoms with Crippen LogP contribution in [0, 0.1) is 5.82 Å². The molecular formula is C13H18F4N2S. The number of hydrogen-bond acceptors (Lipinski definition) is 3. The van der Waals surface area contributed by atoms with Crippen LogP contribution in [0.4, 0.5) is 17.6 Å². The van der Waals surface area contributed by atoms with Crippen LogP contribution in [0.2, 0.25) is 0 Å². The van der Waals surface area contributed by atoms with Gasteiger partial charge >= 0.3 is 6.18 Å². The van der Waals surface area contributed by atoms with Crippen LogP contribution in [0.5, 0.6) is 0 Å². The highest BCUT2D eigenvalue weighted by atomic mass is 32.2. The van der Waals surface area contributed by atoms with Gasteiger partial charge in [-0.25, -0.2) is 4.39 Å². The van der Waals surface area contributed by atoms with Gasteiger partial charge in [-0.05, 0) is 17.7 Å². The first-order chi connectivity index (χ1) is 9.04. The van der Waals surface area contributed by atoms with Crippen molar-refractivity contribution in [2.45, 2.75) is 37.7 Å². The fraction of sp³-hybridized carbons (Fsp3) is 0.538. The first-order valence-corrected chi connectivity index (χ1v) is 7.00. The van der Waals surface area contributed by atoms with E-state index in [-0.39, 0.29) is 4.75 Å². The molecule has 0 bridgehead atoms.